The molecule has 0 amide bonds. The van der Waals surface area contributed by atoms with Crippen LogP contribution in [0.15, 0.2) is 59.1 Å². The number of oxazole rings is 1. The number of ether oxygens (including phenoxy) is 1. The monoisotopic (exact) mass is 537 g/mol. The van der Waals surface area contributed by atoms with Gasteiger partial charge in [-0.3, -0.25) is 0 Å². The number of halogens is 3. The van der Waals surface area contributed by atoms with Crippen LogP contribution in [0.4, 0.5) is 24.9 Å². The molecule has 3 aromatic rings. The van der Waals surface area contributed by atoms with E-state index in [0.717, 1.165) is 32.2 Å². The number of benzene rings is 2. The van der Waals surface area contributed by atoms with Crippen LogP contribution in [0.3, 0.4) is 0 Å². The third kappa shape index (κ3) is 5.69. The molecule has 1 aromatic heterocycles. The van der Waals surface area contributed by atoms with Crippen LogP contribution in [0.2, 0.25) is 0 Å². The SMILES string of the molecule is N#Cc1ccc(N2C[C@H]3CC(N[C@@H]4CCCC[C@H]4Nc4ncc(-c5ccc(OC(F)(F)F)cc5)o4)[C@H]2C3)cc1. The van der Waals surface area contributed by atoms with Gasteiger partial charge in [0.25, 0.3) is 6.01 Å². The standard InChI is InChI=1S/C29H30F3N5O2/c30-29(31,32)39-22-11-7-20(8-12-22)27-16-34-28(38-27)36-24-4-2-1-3-23(24)35-25-13-19-14-26(25)37(17-19)21-9-5-18(15-33)6-10-21/h5-12,16,19,23-26,35H,1-4,13-14,17H2,(H,34,36)/t19-,23+,24+,25?,26+/m0/s1. The average Bonchev–Trinajstić information content (AvgIpc) is 3.66. The van der Waals surface area contributed by atoms with E-state index in [2.05, 4.69) is 43.5 Å². The highest BCUT2D eigenvalue weighted by Crippen LogP contribution is 2.41. The maximum Gasteiger partial charge on any atom is 0.573 e. The van der Waals surface area contributed by atoms with Crippen molar-refractivity contribution < 1.29 is 22.3 Å². The van der Waals surface area contributed by atoms with Crippen molar-refractivity contribution in [1.29, 1.82) is 5.26 Å². The smallest absolute Gasteiger partial charge is 0.424 e. The van der Waals surface area contributed by atoms with Gasteiger partial charge >= 0.3 is 6.36 Å². The summed E-state index contributed by atoms with van der Waals surface area (Å²) >= 11 is 0. The van der Waals surface area contributed by atoms with E-state index < -0.39 is 6.36 Å². The lowest BCUT2D eigenvalue weighted by molar-refractivity contribution is -0.274. The van der Waals surface area contributed by atoms with Gasteiger partial charge < -0.3 is 24.7 Å². The van der Waals surface area contributed by atoms with E-state index in [1.54, 1.807) is 6.20 Å². The maximum atomic E-state index is 12.4. The number of rotatable bonds is 7. The van der Waals surface area contributed by atoms with E-state index in [0.29, 0.717) is 40.9 Å². The Balaban J connectivity index is 1.10. The van der Waals surface area contributed by atoms with Crippen molar-refractivity contribution in [2.24, 2.45) is 5.92 Å². The Labute approximate surface area is 225 Å². The Morgan fingerprint density at radius 3 is 2.41 bits per heavy atom. The van der Waals surface area contributed by atoms with Gasteiger partial charge in [-0.2, -0.15) is 5.26 Å². The number of alkyl halides is 3. The lowest BCUT2D eigenvalue weighted by Crippen LogP contribution is -2.56. The molecule has 1 unspecified atom stereocenters. The maximum absolute atomic E-state index is 12.4. The largest absolute Gasteiger partial charge is 0.573 e. The minimum atomic E-state index is -4.73. The lowest BCUT2D eigenvalue weighted by Gasteiger charge is -2.40. The normalized spacial score (nSPS) is 26.4. The van der Waals surface area contributed by atoms with Crippen molar-refractivity contribution >= 4 is 11.7 Å². The van der Waals surface area contributed by atoms with Crippen molar-refractivity contribution in [2.75, 3.05) is 16.8 Å². The van der Waals surface area contributed by atoms with Gasteiger partial charge in [-0.25, -0.2) is 4.98 Å². The van der Waals surface area contributed by atoms with Crippen molar-refractivity contribution in [3.05, 3.63) is 60.3 Å². The lowest BCUT2D eigenvalue weighted by atomic mass is 9.89. The van der Waals surface area contributed by atoms with Crippen LogP contribution in [0.25, 0.3) is 11.3 Å². The Morgan fingerprint density at radius 2 is 1.72 bits per heavy atom. The molecule has 2 N–H and O–H groups in total. The van der Waals surface area contributed by atoms with Crippen LogP contribution in [0.1, 0.15) is 44.1 Å². The molecule has 3 aliphatic rings. The number of piperidine rings is 1. The number of anilines is 2. The molecule has 2 aliphatic carbocycles. The zero-order valence-corrected chi connectivity index (χ0v) is 21.3. The van der Waals surface area contributed by atoms with E-state index in [1.807, 2.05) is 12.1 Å². The van der Waals surface area contributed by atoms with Gasteiger partial charge in [0.1, 0.15) is 5.75 Å². The van der Waals surface area contributed by atoms with E-state index >= 15 is 0 Å². The molecule has 3 fully saturated rings. The third-order valence-electron chi connectivity index (χ3n) is 8.19. The van der Waals surface area contributed by atoms with Crippen LogP contribution >= 0.6 is 0 Å². The number of hydrogen-bond acceptors (Lipinski definition) is 7. The number of aromatic nitrogens is 1. The summed E-state index contributed by atoms with van der Waals surface area (Å²) in [6.45, 7) is 1.06. The highest BCUT2D eigenvalue weighted by molar-refractivity contribution is 5.58. The topological polar surface area (TPSA) is 86.4 Å². The van der Waals surface area contributed by atoms with Gasteiger partial charge in [-0.05, 0) is 80.1 Å². The zero-order chi connectivity index (χ0) is 27.0. The second kappa shape index (κ2) is 10.5. The fourth-order valence-corrected chi connectivity index (χ4v) is 6.46. The first kappa shape index (κ1) is 25.6. The number of nitrogens with one attached hydrogen (secondary N) is 2. The molecule has 2 heterocycles. The van der Waals surface area contributed by atoms with Gasteiger partial charge in [0.05, 0.1) is 17.8 Å². The van der Waals surface area contributed by atoms with E-state index in [9.17, 15) is 13.2 Å². The van der Waals surface area contributed by atoms with Crippen molar-refractivity contribution in [3.8, 4) is 23.1 Å². The van der Waals surface area contributed by atoms with Crippen LogP contribution in [0, 0.1) is 17.2 Å². The number of hydrogen-bond donors (Lipinski definition) is 2. The summed E-state index contributed by atoms with van der Waals surface area (Å²) in [7, 11) is 0. The molecule has 2 bridgehead atoms. The summed E-state index contributed by atoms with van der Waals surface area (Å²) < 4.78 is 47.2. The summed E-state index contributed by atoms with van der Waals surface area (Å²) in [5, 5.41) is 16.6. The predicted octanol–water partition coefficient (Wildman–Crippen LogP) is 6.09. The Bertz CT molecular complexity index is 1320. The molecule has 1 saturated heterocycles. The van der Waals surface area contributed by atoms with Gasteiger partial charge in [0, 0.05) is 42.0 Å². The van der Waals surface area contributed by atoms with Crippen molar-refractivity contribution in [1.82, 2.24) is 10.3 Å². The minimum Gasteiger partial charge on any atom is -0.424 e. The van der Waals surface area contributed by atoms with Crippen LogP contribution in [0.5, 0.6) is 5.75 Å². The summed E-state index contributed by atoms with van der Waals surface area (Å²) in [5.74, 6) is 0.862. The van der Waals surface area contributed by atoms with Crippen molar-refractivity contribution in [2.45, 2.75) is 69.1 Å². The fourth-order valence-electron chi connectivity index (χ4n) is 6.46. The van der Waals surface area contributed by atoms with Gasteiger partial charge in [0.15, 0.2) is 5.76 Å². The van der Waals surface area contributed by atoms with E-state index in [4.69, 9.17) is 9.68 Å². The zero-order valence-electron chi connectivity index (χ0n) is 21.3. The van der Waals surface area contributed by atoms with Crippen LogP contribution in [-0.4, -0.2) is 42.1 Å². The van der Waals surface area contributed by atoms with Gasteiger partial charge in [0.2, 0.25) is 0 Å². The quantitative estimate of drug-likeness (QED) is 0.377. The minimum absolute atomic E-state index is 0.162. The van der Waals surface area contributed by atoms with Gasteiger partial charge in [-0.1, -0.05) is 12.8 Å². The average molecular weight is 538 g/mol. The number of fused-ring (bicyclic) bond motifs is 2. The third-order valence-corrected chi connectivity index (χ3v) is 8.19. The number of nitriles is 1. The Hall–Kier alpha value is -3.71. The second-order valence-electron chi connectivity index (χ2n) is 10.7. The summed E-state index contributed by atoms with van der Waals surface area (Å²) in [5.41, 5.74) is 2.47. The molecule has 204 valence electrons. The summed E-state index contributed by atoms with van der Waals surface area (Å²) in [4.78, 5) is 6.88. The fraction of sp³-hybridized carbons (Fsp3) is 0.448. The highest BCUT2D eigenvalue weighted by Gasteiger charge is 2.46. The van der Waals surface area contributed by atoms with Gasteiger partial charge in [-0.15, -0.1) is 13.2 Å². The molecular weight excluding hydrogens is 507 g/mol. The molecule has 7 nitrogen and oxygen atoms in total. The molecule has 2 aromatic carbocycles. The summed E-state index contributed by atoms with van der Waals surface area (Å²) in [6, 6.07) is 17.3. The number of nitrogens with zero attached hydrogens (tertiary/aromatic N) is 3. The first-order chi connectivity index (χ1) is 18.8. The highest BCUT2D eigenvalue weighted by atomic mass is 19.4. The van der Waals surface area contributed by atoms with E-state index in [1.165, 1.54) is 42.8 Å². The molecule has 0 radical (unpaired) electrons. The molecule has 0 spiro atoms. The first-order valence-corrected chi connectivity index (χ1v) is 13.5. The Kier molecular flexibility index (Phi) is 6.85. The van der Waals surface area contributed by atoms with Crippen LogP contribution < -0.4 is 20.3 Å². The van der Waals surface area contributed by atoms with Crippen molar-refractivity contribution in [3.63, 3.8) is 0 Å². The van der Waals surface area contributed by atoms with E-state index in [-0.39, 0.29) is 17.8 Å². The molecule has 6 rings (SSSR count). The molecule has 10 heteroatoms. The predicted molar refractivity (Wildman–Crippen MR) is 140 cm³/mol. The molecule has 5 atom stereocenters. The molecule has 39 heavy (non-hydrogen) atoms. The van der Waals surface area contributed by atoms with Crippen LogP contribution in [-0.2, 0) is 0 Å². The summed E-state index contributed by atoms with van der Waals surface area (Å²) in [6.07, 6.45) is 3.55. The first-order valence-electron chi connectivity index (χ1n) is 13.5. The molecule has 1 aliphatic heterocycles. The second-order valence-corrected chi connectivity index (χ2v) is 10.7. The molecule has 2 saturated carbocycles. The Morgan fingerprint density at radius 1 is 0.974 bits per heavy atom. The molecular formula is C29H30F3N5O2.